The first kappa shape index (κ1) is 19.8. The van der Waals surface area contributed by atoms with Crippen LogP contribution in [0.4, 0.5) is 0 Å². The number of likely N-dealkylation sites (N-methyl/N-ethyl adjacent to an activating group) is 1. The number of nitrogens with one attached hydrogen (secondary N) is 1. The smallest absolute Gasteiger partial charge is 0.224 e. The van der Waals surface area contributed by atoms with Crippen LogP contribution in [0.5, 0.6) is 0 Å². The third kappa shape index (κ3) is 5.06. The molecule has 0 unspecified atom stereocenters. The van der Waals surface area contributed by atoms with Crippen molar-refractivity contribution in [3.8, 4) is 0 Å². The fourth-order valence-electron chi connectivity index (χ4n) is 4.35. The Morgan fingerprint density at radius 1 is 1.08 bits per heavy atom. The molecular weight excluding hydrogens is 346 g/mol. The first-order valence-electron chi connectivity index (χ1n) is 10.2. The van der Waals surface area contributed by atoms with E-state index in [4.69, 9.17) is 0 Å². The number of nitrogens with zero attached hydrogens (tertiary/aromatic N) is 4. The van der Waals surface area contributed by atoms with Gasteiger partial charge in [0.15, 0.2) is 5.96 Å². The lowest BCUT2D eigenvalue weighted by molar-refractivity contribution is -0.132. The number of thioether (sulfide) groups is 1. The van der Waals surface area contributed by atoms with Crippen molar-refractivity contribution in [3.63, 3.8) is 0 Å². The van der Waals surface area contributed by atoms with Crippen LogP contribution < -0.4 is 5.32 Å². The molecule has 1 aliphatic carbocycles. The first-order chi connectivity index (χ1) is 12.6. The zero-order chi connectivity index (χ0) is 18.4. The highest BCUT2D eigenvalue weighted by atomic mass is 32.2. The minimum Gasteiger partial charge on any atom is -0.356 e. The SMILES string of the molecule is CN=C(NCCC(=O)N1CCN(C)CC1)N1CCSC2(CCCCC2)C1. The zero-order valence-corrected chi connectivity index (χ0v) is 17.3. The number of hydrogen-bond donors (Lipinski definition) is 1. The summed E-state index contributed by atoms with van der Waals surface area (Å²) in [5.74, 6) is 2.42. The Morgan fingerprint density at radius 3 is 2.50 bits per heavy atom. The molecule has 1 saturated carbocycles. The van der Waals surface area contributed by atoms with Gasteiger partial charge in [-0.1, -0.05) is 19.3 Å². The Hall–Kier alpha value is -0.950. The van der Waals surface area contributed by atoms with Crippen molar-refractivity contribution in [2.75, 3.05) is 65.7 Å². The van der Waals surface area contributed by atoms with E-state index in [9.17, 15) is 4.79 Å². The molecule has 0 aromatic rings. The number of hydrogen-bond acceptors (Lipinski definition) is 4. The topological polar surface area (TPSA) is 51.2 Å². The predicted octanol–water partition coefficient (Wildman–Crippen LogP) is 1.48. The summed E-state index contributed by atoms with van der Waals surface area (Å²) in [7, 11) is 3.98. The van der Waals surface area contributed by atoms with Crippen molar-refractivity contribution in [3.05, 3.63) is 0 Å². The van der Waals surface area contributed by atoms with Gasteiger partial charge >= 0.3 is 0 Å². The molecule has 2 saturated heterocycles. The highest BCUT2D eigenvalue weighted by Crippen LogP contribution is 2.42. The second-order valence-electron chi connectivity index (χ2n) is 7.92. The maximum Gasteiger partial charge on any atom is 0.224 e. The van der Waals surface area contributed by atoms with E-state index in [2.05, 4.69) is 38.9 Å². The van der Waals surface area contributed by atoms with Gasteiger partial charge in [0.1, 0.15) is 0 Å². The average Bonchev–Trinajstić information content (AvgIpc) is 2.66. The van der Waals surface area contributed by atoms with Gasteiger partial charge < -0.3 is 20.0 Å². The number of guanidine groups is 1. The molecule has 6 nitrogen and oxygen atoms in total. The number of rotatable bonds is 3. The molecule has 0 aromatic heterocycles. The van der Waals surface area contributed by atoms with Crippen molar-refractivity contribution in [1.82, 2.24) is 20.0 Å². The van der Waals surface area contributed by atoms with Crippen molar-refractivity contribution in [2.24, 2.45) is 4.99 Å². The zero-order valence-electron chi connectivity index (χ0n) is 16.5. The molecule has 1 spiro atoms. The lowest BCUT2D eigenvalue weighted by Gasteiger charge is -2.45. The number of amides is 1. The van der Waals surface area contributed by atoms with Gasteiger partial charge in [0.2, 0.25) is 5.91 Å². The van der Waals surface area contributed by atoms with Crippen LogP contribution >= 0.6 is 11.8 Å². The van der Waals surface area contributed by atoms with E-state index in [1.807, 2.05) is 11.9 Å². The molecular formula is C19H35N5OS. The number of carbonyl (C=O) groups excluding carboxylic acids is 1. The maximum absolute atomic E-state index is 12.4. The monoisotopic (exact) mass is 381 g/mol. The highest BCUT2D eigenvalue weighted by Gasteiger charge is 2.38. The van der Waals surface area contributed by atoms with E-state index in [0.717, 1.165) is 45.2 Å². The number of piperazine rings is 1. The lowest BCUT2D eigenvalue weighted by Crippen LogP contribution is -2.54. The van der Waals surface area contributed by atoms with Crippen molar-refractivity contribution >= 4 is 23.6 Å². The molecule has 2 heterocycles. The Labute approximate surface area is 162 Å². The lowest BCUT2D eigenvalue weighted by atomic mass is 9.87. The van der Waals surface area contributed by atoms with Gasteiger partial charge in [-0.3, -0.25) is 9.79 Å². The fourth-order valence-corrected chi connectivity index (χ4v) is 5.92. The predicted molar refractivity (Wildman–Crippen MR) is 110 cm³/mol. The van der Waals surface area contributed by atoms with Gasteiger partial charge in [0.25, 0.3) is 0 Å². The molecule has 1 amide bonds. The van der Waals surface area contributed by atoms with E-state index >= 15 is 0 Å². The van der Waals surface area contributed by atoms with Crippen LogP contribution in [0.1, 0.15) is 38.5 Å². The Bertz CT molecular complexity index is 493. The van der Waals surface area contributed by atoms with Gasteiger partial charge in [-0.05, 0) is 19.9 Å². The largest absolute Gasteiger partial charge is 0.356 e. The standard InChI is InChI=1S/C19H35N5OS/c1-20-18(21-9-6-17(25)23-12-10-22(2)11-13-23)24-14-15-26-19(16-24)7-4-3-5-8-19/h3-16H2,1-2H3,(H,20,21). The van der Waals surface area contributed by atoms with Crippen LogP contribution in [-0.4, -0.2) is 97.0 Å². The van der Waals surface area contributed by atoms with E-state index in [0.29, 0.717) is 17.7 Å². The quantitative estimate of drug-likeness (QED) is 0.593. The van der Waals surface area contributed by atoms with Crippen LogP contribution in [-0.2, 0) is 4.79 Å². The first-order valence-corrected chi connectivity index (χ1v) is 11.2. The van der Waals surface area contributed by atoms with E-state index in [-0.39, 0.29) is 5.91 Å². The van der Waals surface area contributed by atoms with Gasteiger partial charge in [0.05, 0.1) is 0 Å². The molecule has 0 radical (unpaired) electrons. The Balaban J connectivity index is 1.45. The number of carbonyl (C=O) groups is 1. The summed E-state index contributed by atoms with van der Waals surface area (Å²) < 4.78 is 0.434. The Morgan fingerprint density at radius 2 is 1.81 bits per heavy atom. The minimum absolute atomic E-state index is 0.263. The molecule has 2 aliphatic heterocycles. The second-order valence-corrected chi connectivity index (χ2v) is 9.48. The summed E-state index contributed by atoms with van der Waals surface area (Å²) >= 11 is 2.18. The molecule has 3 rings (SSSR count). The van der Waals surface area contributed by atoms with Gasteiger partial charge in [-0.25, -0.2) is 0 Å². The molecule has 3 fully saturated rings. The number of aliphatic imine (C=N–C) groups is 1. The third-order valence-corrected chi connectivity index (χ3v) is 7.54. The van der Waals surface area contributed by atoms with Gasteiger partial charge in [-0.15, -0.1) is 0 Å². The molecule has 1 N–H and O–H groups in total. The van der Waals surface area contributed by atoms with Crippen molar-refractivity contribution in [1.29, 1.82) is 0 Å². The second kappa shape index (κ2) is 9.31. The summed E-state index contributed by atoms with van der Waals surface area (Å²) in [6.45, 7) is 6.51. The molecule has 0 atom stereocenters. The van der Waals surface area contributed by atoms with Crippen LogP contribution in [0.3, 0.4) is 0 Å². The Kier molecular flexibility index (Phi) is 7.09. The molecule has 3 aliphatic rings. The average molecular weight is 382 g/mol. The van der Waals surface area contributed by atoms with E-state index in [1.165, 1.54) is 37.9 Å². The van der Waals surface area contributed by atoms with Crippen molar-refractivity contribution in [2.45, 2.75) is 43.3 Å². The van der Waals surface area contributed by atoms with Gasteiger partial charge in [0, 0.05) is 69.8 Å². The minimum atomic E-state index is 0.263. The van der Waals surface area contributed by atoms with Crippen LogP contribution in [0.2, 0.25) is 0 Å². The molecule has 0 bridgehead atoms. The van der Waals surface area contributed by atoms with Crippen LogP contribution in [0.25, 0.3) is 0 Å². The van der Waals surface area contributed by atoms with Crippen LogP contribution in [0.15, 0.2) is 4.99 Å². The summed E-state index contributed by atoms with van der Waals surface area (Å²) in [6.07, 6.45) is 7.36. The van der Waals surface area contributed by atoms with E-state index < -0.39 is 0 Å². The van der Waals surface area contributed by atoms with E-state index in [1.54, 1.807) is 0 Å². The fraction of sp³-hybridized carbons (Fsp3) is 0.895. The normalized spacial score (nSPS) is 24.8. The summed E-state index contributed by atoms with van der Waals surface area (Å²) in [4.78, 5) is 23.6. The molecule has 7 heteroatoms. The van der Waals surface area contributed by atoms with Gasteiger partial charge in [-0.2, -0.15) is 11.8 Å². The summed E-state index contributed by atoms with van der Waals surface area (Å²) in [6, 6.07) is 0. The maximum atomic E-state index is 12.4. The summed E-state index contributed by atoms with van der Waals surface area (Å²) in [5, 5.41) is 3.45. The van der Waals surface area contributed by atoms with Crippen molar-refractivity contribution < 1.29 is 4.79 Å². The molecule has 26 heavy (non-hydrogen) atoms. The summed E-state index contributed by atoms with van der Waals surface area (Å²) in [5.41, 5.74) is 0. The van der Waals surface area contributed by atoms with Crippen LogP contribution in [0, 0.1) is 0 Å². The molecule has 0 aromatic carbocycles. The highest BCUT2D eigenvalue weighted by molar-refractivity contribution is 8.00. The molecule has 148 valence electrons. The third-order valence-electron chi connectivity index (χ3n) is 6.00.